The second-order valence-corrected chi connectivity index (χ2v) is 13.7. The summed E-state index contributed by atoms with van der Waals surface area (Å²) in [5.41, 5.74) is -0.689. The largest absolute Gasteiger partial charge is 0.299 e. The molecule has 2 rings (SSSR count). The quantitative estimate of drug-likeness (QED) is 0.404. The molecule has 2 aromatic rings. The van der Waals surface area contributed by atoms with Gasteiger partial charge in [0.1, 0.15) is 9.79 Å². The number of hydrogen-bond acceptors (Lipinski definition) is 6. The van der Waals surface area contributed by atoms with Crippen molar-refractivity contribution in [2.24, 2.45) is 10.8 Å². The van der Waals surface area contributed by atoms with Crippen molar-refractivity contribution in [2.75, 3.05) is 13.2 Å². The van der Waals surface area contributed by atoms with Crippen LogP contribution in [0.4, 0.5) is 0 Å². The molecule has 0 amide bonds. The molecule has 0 saturated carbocycles. The molecule has 0 fully saturated rings. The Hall–Kier alpha value is -1.16. The van der Waals surface area contributed by atoms with Crippen molar-refractivity contribution in [3.63, 3.8) is 0 Å². The van der Waals surface area contributed by atoms with E-state index in [0.29, 0.717) is 0 Å². The van der Waals surface area contributed by atoms with E-state index in [2.05, 4.69) is 0 Å². The van der Waals surface area contributed by atoms with E-state index in [9.17, 15) is 16.8 Å². The van der Waals surface area contributed by atoms with Crippen molar-refractivity contribution in [3.05, 3.63) is 46.4 Å². The number of benzene rings is 2. The first kappa shape index (κ1) is 27.1. The average Bonchev–Trinajstić information content (AvgIpc) is 2.66. The molecule has 0 aliphatic rings. The van der Waals surface area contributed by atoms with Crippen molar-refractivity contribution in [1.29, 1.82) is 0 Å². The molecular weight excluding hydrogens is 495 g/mol. The Morgan fingerprint density at radius 3 is 1.75 bits per heavy atom. The Morgan fingerprint density at radius 1 is 0.719 bits per heavy atom. The first-order chi connectivity index (χ1) is 14.4. The summed E-state index contributed by atoms with van der Waals surface area (Å²) < 4.78 is 62.7. The van der Waals surface area contributed by atoms with Crippen LogP contribution in [0.2, 0.25) is 10.0 Å². The number of rotatable bonds is 7. The van der Waals surface area contributed by atoms with Gasteiger partial charge in [-0.3, -0.25) is 8.37 Å². The Balaban J connectivity index is 2.70. The maximum Gasteiger partial charge on any atom is 0.299 e. The minimum absolute atomic E-state index is 0.00216. The fraction of sp³-hybridized carbons (Fsp3) is 0.455. The van der Waals surface area contributed by atoms with Crippen LogP contribution >= 0.6 is 23.2 Å². The highest BCUT2D eigenvalue weighted by Gasteiger charge is 2.31. The molecular formula is C22H28Cl2O6S2. The van der Waals surface area contributed by atoms with Gasteiger partial charge in [0, 0.05) is 11.1 Å². The zero-order chi connectivity index (χ0) is 24.5. The van der Waals surface area contributed by atoms with Crippen LogP contribution in [-0.4, -0.2) is 30.0 Å². The smallest absolute Gasteiger partial charge is 0.266 e. The van der Waals surface area contributed by atoms with Crippen LogP contribution in [0.25, 0.3) is 11.1 Å². The van der Waals surface area contributed by atoms with Crippen LogP contribution in [-0.2, 0) is 28.6 Å². The fourth-order valence-corrected chi connectivity index (χ4v) is 5.92. The monoisotopic (exact) mass is 522 g/mol. The predicted octanol–water partition coefficient (Wildman–Crippen LogP) is 6.16. The third-order valence-electron chi connectivity index (χ3n) is 4.04. The Bertz CT molecular complexity index is 1190. The summed E-state index contributed by atoms with van der Waals surface area (Å²) >= 11 is 12.4. The molecule has 2 aromatic carbocycles. The first-order valence-corrected chi connectivity index (χ1v) is 13.4. The van der Waals surface area contributed by atoms with Gasteiger partial charge in [-0.25, -0.2) is 0 Å². The van der Waals surface area contributed by atoms with Crippen LogP contribution in [0.5, 0.6) is 0 Å². The fourth-order valence-electron chi connectivity index (χ4n) is 2.53. The lowest BCUT2D eigenvalue weighted by molar-refractivity contribution is 0.203. The van der Waals surface area contributed by atoms with E-state index in [1.807, 2.05) is 41.5 Å². The molecule has 0 unspecified atom stereocenters. The first-order valence-electron chi connectivity index (χ1n) is 9.81. The van der Waals surface area contributed by atoms with Crippen molar-refractivity contribution in [2.45, 2.75) is 51.3 Å². The topological polar surface area (TPSA) is 86.7 Å². The minimum atomic E-state index is -4.38. The van der Waals surface area contributed by atoms with E-state index >= 15 is 0 Å². The van der Waals surface area contributed by atoms with Crippen molar-refractivity contribution in [3.8, 4) is 11.1 Å². The maximum absolute atomic E-state index is 13.1. The third kappa shape index (κ3) is 6.92. The Morgan fingerprint density at radius 2 is 1.22 bits per heavy atom. The Labute approximate surface area is 201 Å². The number of hydrogen-bond donors (Lipinski definition) is 0. The van der Waals surface area contributed by atoms with Gasteiger partial charge in [0.2, 0.25) is 0 Å². The average molecular weight is 524 g/mol. The summed E-state index contributed by atoms with van der Waals surface area (Å²) in [5.74, 6) is 0. The van der Waals surface area contributed by atoms with Gasteiger partial charge in [-0.15, -0.1) is 0 Å². The van der Waals surface area contributed by atoms with Crippen LogP contribution in [0.1, 0.15) is 41.5 Å². The zero-order valence-corrected chi connectivity index (χ0v) is 22.0. The van der Waals surface area contributed by atoms with Crippen LogP contribution in [0.3, 0.4) is 0 Å². The predicted molar refractivity (Wildman–Crippen MR) is 127 cm³/mol. The lowest BCUT2D eigenvalue weighted by atomic mass is 9.99. The second kappa shape index (κ2) is 9.60. The summed E-state index contributed by atoms with van der Waals surface area (Å²) in [6, 6.07) is 8.75. The van der Waals surface area contributed by atoms with Gasteiger partial charge in [-0.05, 0) is 23.0 Å². The molecule has 0 aromatic heterocycles. The lowest BCUT2D eigenvalue weighted by Crippen LogP contribution is -2.20. The van der Waals surface area contributed by atoms with E-state index in [0.717, 1.165) is 0 Å². The van der Waals surface area contributed by atoms with E-state index in [-0.39, 0.29) is 39.3 Å². The summed E-state index contributed by atoms with van der Waals surface area (Å²) in [7, 11) is -8.58. The SMILES string of the molecule is CC(C)(C)COS(=O)(=O)c1ccccc1-c1ccc(Cl)c(Cl)c1S(=O)(=O)OCC(C)(C)C. The molecule has 0 radical (unpaired) electrons. The molecule has 0 bridgehead atoms. The highest BCUT2D eigenvalue weighted by molar-refractivity contribution is 7.87. The third-order valence-corrected chi connectivity index (χ3v) is 7.63. The van der Waals surface area contributed by atoms with Gasteiger partial charge < -0.3 is 0 Å². The lowest BCUT2D eigenvalue weighted by Gasteiger charge is -2.21. The molecule has 0 aliphatic heterocycles. The minimum Gasteiger partial charge on any atom is -0.266 e. The van der Waals surface area contributed by atoms with Crippen molar-refractivity contribution >= 4 is 43.4 Å². The van der Waals surface area contributed by atoms with Gasteiger partial charge in [0.15, 0.2) is 0 Å². The second-order valence-electron chi connectivity index (χ2n) is 9.79. The zero-order valence-electron chi connectivity index (χ0n) is 18.9. The van der Waals surface area contributed by atoms with E-state index in [1.54, 1.807) is 6.07 Å². The van der Waals surface area contributed by atoms with Crippen molar-refractivity contribution in [1.82, 2.24) is 0 Å². The Kier molecular flexibility index (Phi) is 8.13. The van der Waals surface area contributed by atoms with Gasteiger partial charge in [-0.2, -0.15) is 16.8 Å². The summed E-state index contributed by atoms with van der Waals surface area (Å²) in [6.07, 6.45) is 0. The molecule has 0 spiro atoms. The normalized spacial score (nSPS) is 13.4. The van der Waals surface area contributed by atoms with Crippen LogP contribution in [0.15, 0.2) is 46.2 Å². The van der Waals surface area contributed by atoms with Crippen LogP contribution < -0.4 is 0 Å². The molecule has 10 heteroatoms. The molecule has 0 atom stereocenters. The van der Waals surface area contributed by atoms with E-state index in [4.69, 9.17) is 31.6 Å². The maximum atomic E-state index is 13.1. The van der Waals surface area contributed by atoms with Gasteiger partial charge in [0.05, 0.1) is 23.3 Å². The summed E-state index contributed by atoms with van der Waals surface area (Å²) in [5, 5.41) is -0.251. The van der Waals surface area contributed by atoms with E-state index < -0.39 is 36.0 Å². The standard InChI is InChI=1S/C22H28Cl2O6S2/c1-21(2,3)13-29-31(25,26)18-10-8-7-9-15(18)16-11-12-17(23)19(24)20(16)32(27,28)30-14-22(4,5)6/h7-12H,13-14H2,1-6H3. The van der Waals surface area contributed by atoms with Gasteiger partial charge in [0.25, 0.3) is 20.2 Å². The van der Waals surface area contributed by atoms with Gasteiger partial charge in [-0.1, -0.05) is 89.0 Å². The molecule has 6 nitrogen and oxygen atoms in total. The molecule has 0 saturated heterocycles. The number of halogens is 2. The molecule has 0 heterocycles. The van der Waals surface area contributed by atoms with Crippen molar-refractivity contribution < 1.29 is 25.2 Å². The van der Waals surface area contributed by atoms with E-state index in [1.165, 1.54) is 30.3 Å². The highest BCUT2D eigenvalue weighted by Crippen LogP contribution is 2.41. The summed E-state index contributed by atoms with van der Waals surface area (Å²) in [6.45, 7) is 10.8. The molecule has 0 aliphatic carbocycles. The van der Waals surface area contributed by atoms with Gasteiger partial charge >= 0.3 is 0 Å². The van der Waals surface area contributed by atoms with Crippen LogP contribution in [0, 0.1) is 10.8 Å². The molecule has 178 valence electrons. The summed E-state index contributed by atoms with van der Waals surface area (Å²) in [4.78, 5) is -0.579. The molecule has 32 heavy (non-hydrogen) atoms. The molecule has 0 N–H and O–H groups in total. The highest BCUT2D eigenvalue weighted by atomic mass is 35.5.